The largest absolute Gasteiger partial charge is 0.446 e. The van der Waals surface area contributed by atoms with Crippen LogP contribution in [0.2, 0.25) is 0 Å². The van der Waals surface area contributed by atoms with Gasteiger partial charge in [0.15, 0.2) is 0 Å². The fraction of sp³-hybridized carbons (Fsp3) is 0.429. The quantitative estimate of drug-likeness (QED) is 0.432. The summed E-state index contributed by atoms with van der Waals surface area (Å²) in [6, 6.07) is 4.01. The van der Waals surface area contributed by atoms with Crippen LogP contribution in [0.1, 0.15) is 36.0 Å². The minimum absolute atomic E-state index is 0.0784. The van der Waals surface area contributed by atoms with E-state index in [1.165, 1.54) is 18.2 Å². The first kappa shape index (κ1) is 16.5. The second-order valence-electron chi connectivity index (χ2n) is 5.38. The van der Waals surface area contributed by atoms with E-state index >= 15 is 0 Å². The first-order chi connectivity index (χ1) is 10.9. The molecule has 0 aliphatic heterocycles. The molecule has 0 saturated heterocycles. The van der Waals surface area contributed by atoms with E-state index in [1.54, 1.807) is 0 Å². The zero-order chi connectivity index (χ0) is 17.0. The Balaban J connectivity index is 1.97. The molecule has 9 heteroatoms. The Kier molecular flexibility index (Phi) is 4.99. The molecule has 0 spiro atoms. The maximum absolute atomic E-state index is 12.2. The number of anilines is 1. The molecule has 2 amide bonds. The molecular weight excluding hydrogens is 304 g/mol. The highest BCUT2D eigenvalue weighted by Crippen LogP contribution is 2.26. The van der Waals surface area contributed by atoms with E-state index in [0.29, 0.717) is 25.7 Å². The number of para-hydroxylation sites is 1. The molecule has 1 aliphatic rings. The molecule has 1 aromatic carbocycles. The first-order valence-electron chi connectivity index (χ1n) is 7.18. The minimum atomic E-state index is -0.804. The Morgan fingerprint density at radius 3 is 2.48 bits per heavy atom. The lowest BCUT2D eigenvalue weighted by Gasteiger charge is -2.28. The van der Waals surface area contributed by atoms with Crippen molar-refractivity contribution in [1.29, 1.82) is 0 Å². The van der Waals surface area contributed by atoms with Crippen molar-refractivity contribution in [2.45, 2.75) is 37.8 Å². The zero-order valence-electron chi connectivity index (χ0n) is 12.4. The standard InChI is InChI=1S/C14H18N4O5/c15-12-10(2-1-3-11(12)18(21)22)13(19)17-8-4-6-9(7-5-8)23-14(16)20/h1-3,8-9H,4-7,15H2,(H2,16,20)(H,17,19). The van der Waals surface area contributed by atoms with Crippen LogP contribution in [0.15, 0.2) is 18.2 Å². The third-order valence-corrected chi connectivity index (χ3v) is 3.82. The van der Waals surface area contributed by atoms with Gasteiger partial charge in [-0.1, -0.05) is 6.07 Å². The number of nitro groups is 1. The van der Waals surface area contributed by atoms with E-state index in [-0.39, 0.29) is 29.1 Å². The lowest BCUT2D eigenvalue weighted by Crippen LogP contribution is -2.40. The Hall–Kier alpha value is -2.84. The van der Waals surface area contributed by atoms with Crippen LogP contribution in [0.3, 0.4) is 0 Å². The number of rotatable bonds is 4. The maximum Gasteiger partial charge on any atom is 0.404 e. The molecular formula is C14H18N4O5. The molecule has 0 atom stereocenters. The van der Waals surface area contributed by atoms with Crippen LogP contribution in [-0.2, 0) is 4.74 Å². The highest BCUT2D eigenvalue weighted by Gasteiger charge is 2.26. The first-order valence-corrected chi connectivity index (χ1v) is 7.18. The van der Waals surface area contributed by atoms with Crippen molar-refractivity contribution < 1.29 is 19.2 Å². The fourth-order valence-electron chi connectivity index (χ4n) is 2.66. The summed E-state index contributed by atoms with van der Waals surface area (Å²) in [4.78, 5) is 33.2. The van der Waals surface area contributed by atoms with Gasteiger partial charge in [0.25, 0.3) is 11.6 Å². The van der Waals surface area contributed by atoms with E-state index in [9.17, 15) is 19.7 Å². The highest BCUT2D eigenvalue weighted by molar-refractivity contribution is 6.01. The molecule has 0 heterocycles. The van der Waals surface area contributed by atoms with Crippen LogP contribution < -0.4 is 16.8 Å². The third kappa shape index (κ3) is 4.09. The lowest BCUT2D eigenvalue weighted by molar-refractivity contribution is -0.383. The normalized spacial score (nSPS) is 20.5. The topological polar surface area (TPSA) is 151 Å². The molecule has 0 radical (unpaired) electrons. The summed E-state index contributed by atoms with van der Waals surface area (Å²) in [6.45, 7) is 0. The Bertz CT molecular complexity index is 626. The molecule has 1 aliphatic carbocycles. The summed E-state index contributed by atoms with van der Waals surface area (Å²) < 4.78 is 4.92. The van der Waals surface area contributed by atoms with Gasteiger partial charge in [0, 0.05) is 12.1 Å². The highest BCUT2D eigenvalue weighted by atomic mass is 16.6. The van der Waals surface area contributed by atoms with Gasteiger partial charge in [-0.25, -0.2) is 4.79 Å². The SMILES string of the molecule is NC(=O)OC1CCC(NC(=O)c2cccc([N+](=O)[O-])c2N)CC1. The van der Waals surface area contributed by atoms with Gasteiger partial charge in [0.2, 0.25) is 0 Å². The summed E-state index contributed by atoms with van der Waals surface area (Å²) in [6.07, 6.45) is 1.40. The molecule has 23 heavy (non-hydrogen) atoms. The predicted molar refractivity (Wildman–Crippen MR) is 81.7 cm³/mol. The molecule has 1 saturated carbocycles. The van der Waals surface area contributed by atoms with Gasteiger partial charge in [-0.05, 0) is 31.7 Å². The van der Waals surface area contributed by atoms with Crippen molar-refractivity contribution in [1.82, 2.24) is 5.32 Å². The Morgan fingerprint density at radius 2 is 1.91 bits per heavy atom. The summed E-state index contributed by atoms with van der Waals surface area (Å²) in [7, 11) is 0. The lowest BCUT2D eigenvalue weighted by atomic mass is 9.92. The summed E-state index contributed by atoms with van der Waals surface area (Å²) in [5, 5.41) is 13.7. The number of nitro benzene ring substituents is 1. The predicted octanol–water partition coefficient (Wildman–Crippen LogP) is 1.31. The minimum Gasteiger partial charge on any atom is -0.446 e. The monoisotopic (exact) mass is 322 g/mol. The molecule has 0 bridgehead atoms. The molecule has 5 N–H and O–H groups in total. The van der Waals surface area contributed by atoms with Crippen LogP contribution in [0.5, 0.6) is 0 Å². The van der Waals surface area contributed by atoms with Gasteiger partial charge < -0.3 is 21.5 Å². The third-order valence-electron chi connectivity index (χ3n) is 3.82. The number of amides is 2. The van der Waals surface area contributed by atoms with Gasteiger partial charge in [0.05, 0.1) is 10.5 Å². The van der Waals surface area contributed by atoms with Gasteiger partial charge in [-0.3, -0.25) is 14.9 Å². The Labute approximate surface area is 132 Å². The second kappa shape index (κ2) is 6.95. The van der Waals surface area contributed by atoms with Gasteiger partial charge >= 0.3 is 6.09 Å². The van der Waals surface area contributed by atoms with Crippen molar-refractivity contribution in [3.63, 3.8) is 0 Å². The van der Waals surface area contributed by atoms with E-state index in [4.69, 9.17) is 16.2 Å². The van der Waals surface area contributed by atoms with Gasteiger partial charge in [-0.2, -0.15) is 0 Å². The van der Waals surface area contributed by atoms with Crippen molar-refractivity contribution >= 4 is 23.4 Å². The molecule has 2 rings (SSSR count). The van der Waals surface area contributed by atoms with Crippen LogP contribution >= 0.6 is 0 Å². The maximum atomic E-state index is 12.2. The van der Waals surface area contributed by atoms with Crippen molar-refractivity contribution in [3.8, 4) is 0 Å². The van der Waals surface area contributed by atoms with Crippen LogP contribution in [0.4, 0.5) is 16.2 Å². The van der Waals surface area contributed by atoms with Crippen LogP contribution in [0, 0.1) is 10.1 Å². The van der Waals surface area contributed by atoms with Gasteiger partial charge in [0.1, 0.15) is 11.8 Å². The molecule has 9 nitrogen and oxygen atoms in total. The molecule has 0 unspecified atom stereocenters. The molecule has 0 aromatic heterocycles. The number of carbonyl (C=O) groups is 2. The zero-order valence-corrected chi connectivity index (χ0v) is 12.4. The van der Waals surface area contributed by atoms with E-state index in [0.717, 1.165) is 0 Å². The number of hydrogen-bond donors (Lipinski definition) is 3. The van der Waals surface area contributed by atoms with E-state index < -0.39 is 16.9 Å². The van der Waals surface area contributed by atoms with Crippen molar-refractivity contribution in [2.24, 2.45) is 5.73 Å². The average Bonchev–Trinajstić information content (AvgIpc) is 2.48. The number of benzene rings is 1. The number of primary amides is 1. The second-order valence-corrected chi connectivity index (χ2v) is 5.38. The summed E-state index contributed by atoms with van der Waals surface area (Å²) >= 11 is 0. The Morgan fingerprint density at radius 1 is 1.26 bits per heavy atom. The van der Waals surface area contributed by atoms with Crippen molar-refractivity contribution in [2.75, 3.05) is 5.73 Å². The van der Waals surface area contributed by atoms with E-state index in [2.05, 4.69) is 5.32 Å². The number of ether oxygens (including phenoxy) is 1. The number of nitrogens with two attached hydrogens (primary N) is 2. The number of carbonyl (C=O) groups excluding carboxylic acids is 2. The smallest absolute Gasteiger partial charge is 0.404 e. The van der Waals surface area contributed by atoms with E-state index in [1.807, 2.05) is 0 Å². The fourth-order valence-corrected chi connectivity index (χ4v) is 2.66. The summed E-state index contributed by atoms with van der Waals surface area (Å²) in [5.74, 6) is -0.453. The number of nitrogens with one attached hydrogen (secondary N) is 1. The molecule has 1 fully saturated rings. The van der Waals surface area contributed by atoms with Crippen LogP contribution in [0.25, 0.3) is 0 Å². The summed E-state index contributed by atoms with van der Waals surface area (Å²) in [5.41, 5.74) is 10.3. The molecule has 1 aromatic rings. The van der Waals surface area contributed by atoms with Gasteiger partial charge in [-0.15, -0.1) is 0 Å². The average molecular weight is 322 g/mol. The number of nitrogen functional groups attached to an aromatic ring is 1. The van der Waals surface area contributed by atoms with Crippen molar-refractivity contribution in [3.05, 3.63) is 33.9 Å². The van der Waals surface area contributed by atoms with Crippen LogP contribution in [-0.4, -0.2) is 29.1 Å². The number of hydrogen-bond acceptors (Lipinski definition) is 6. The molecule has 124 valence electrons. The number of nitrogens with zero attached hydrogens (tertiary/aromatic N) is 1.